The van der Waals surface area contributed by atoms with Crippen LogP contribution in [-0.4, -0.2) is 13.9 Å². The minimum absolute atomic E-state index is 0.218. The van der Waals surface area contributed by atoms with Gasteiger partial charge in [0.15, 0.2) is 5.75 Å². The summed E-state index contributed by atoms with van der Waals surface area (Å²) in [5, 5.41) is 3.73. The van der Waals surface area contributed by atoms with E-state index in [9.17, 15) is 21.6 Å². The molecule has 270 valence electrons. The molecule has 0 saturated carbocycles. The Balaban J connectivity index is 1.55. The third-order valence-corrected chi connectivity index (χ3v) is 11.7. The lowest BCUT2D eigenvalue weighted by Crippen LogP contribution is -2.28. The minimum Gasteiger partial charge on any atom is -0.374 e. The Morgan fingerprint density at radius 2 is 0.927 bits per heavy atom. The third-order valence-electron chi connectivity index (χ3n) is 9.53. The molecule has 9 rings (SSSR count). The lowest BCUT2D eigenvalue weighted by atomic mass is 9.97. The molecule has 0 bridgehead atoms. The largest absolute Gasteiger partial charge is 0.534 e. The molecule has 8 aromatic carbocycles. The van der Waals surface area contributed by atoms with Gasteiger partial charge >= 0.3 is 15.6 Å². The predicted molar refractivity (Wildman–Crippen MR) is 219 cm³/mol. The summed E-state index contributed by atoms with van der Waals surface area (Å²) in [4.78, 5) is 4.20. The molecule has 0 atom stereocenters. The average molecular weight is 767 g/mol. The number of fused-ring (bicyclic) bond motifs is 6. The fraction of sp³-hybridized carbons (Fsp3) is 0.0222. The Labute approximate surface area is 318 Å². The van der Waals surface area contributed by atoms with E-state index < -0.39 is 15.6 Å². The molecule has 1 aromatic heterocycles. The second-order valence-corrected chi connectivity index (χ2v) is 15.4. The molecule has 0 N–H and O–H groups in total. The van der Waals surface area contributed by atoms with Gasteiger partial charge in [-0.1, -0.05) is 121 Å². The zero-order valence-electron chi connectivity index (χ0n) is 28.8. The first-order valence-electron chi connectivity index (χ1n) is 17.3. The highest BCUT2D eigenvalue weighted by Crippen LogP contribution is 2.57. The quantitative estimate of drug-likeness (QED) is 0.114. The van der Waals surface area contributed by atoms with Gasteiger partial charge in [0.2, 0.25) is 0 Å². The van der Waals surface area contributed by atoms with Crippen molar-refractivity contribution in [1.29, 1.82) is 0 Å². The van der Waals surface area contributed by atoms with E-state index in [0.29, 0.717) is 16.5 Å². The number of hydrogen-bond acceptors (Lipinski definition) is 6. The van der Waals surface area contributed by atoms with Crippen LogP contribution in [0.4, 0.5) is 47.3 Å². The summed E-state index contributed by atoms with van der Waals surface area (Å²) in [5.41, 5.74) is -0.964. The topological polar surface area (TPSA) is 49.9 Å². The van der Waals surface area contributed by atoms with Gasteiger partial charge in [-0.15, -0.1) is 11.3 Å². The summed E-state index contributed by atoms with van der Waals surface area (Å²) in [6.07, 6.45) is 0. The van der Waals surface area contributed by atoms with Gasteiger partial charge in [-0.3, -0.25) is 0 Å². The fourth-order valence-electron chi connectivity index (χ4n) is 7.24. The van der Waals surface area contributed by atoms with Crippen molar-refractivity contribution in [2.24, 2.45) is 0 Å². The first kappa shape index (κ1) is 34.4. The maximum absolute atomic E-state index is 14.2. The number of rotatable bonds is 8. The molecule has 0 aliphatic rings. The van der Waals surface area contributed by atoms with Crippen LogP contribution in [0.15, 0.2) is 176 Å². The van der Waals surface area contributed by atoms with Gasteiger partial charge < -0.3 is 14.0 Å². The second-order valence-electron chi connectivity index (χ2n) is 12.8. The number of hydrogen-bond donors (Lipinski definition) is 0. The van der Waals surface area contributed by atoms with Crippen molar-refractivity contribution in [2.75, 3.05) is 9.80 Å². The lowest BCUT2D eigenvalue weighted by Gasteiger charge is -2.30. The van der Waals surface area contributed by atoms with Crippen LogP contribution in [0.2, 0.25) is 0 Å². The van der Waals surface area contributed by atoms with E-state index >= 15 is 0 Å². The van der Waals surface area contributed by atoms with E-state index in [4.69, 9.17) is 4.18 Å². The van der Waals surface area contributed by atoms with Gasteiger partial charge in [0.25, 0.3) is 0 Å². The monoisotopic (exact) mass is 766 g/mol. The average Bonchev–Trinajstić information content (AvgIpc) is 3.61. The van der Waals surface area contributed by atoms with E-state index in [1.165, 1.54) is 11.3 Å². The molecule has 0 saturated heterocycles. The first-order valence-corrected chi connectivity index (χ1v) is 19.6. The van der Waals surface area contributed by atoms with Crippen LogP contribution in [0.1, 0.15) is 0 Å². The summed E-state index contributed by atoms with van der Waals surface area (Å²) in [7, 11) is -6.08. The molecular weight excluding hydrogens is 738 g/mol. The van der Waals surface area contributed by atoms with E-state index in [1.54, 1.807) is 24.3 Å². The van der Waals surface area contributed by atoms with Crippen molar-refractivity contribution in [3.8, 4) is 5.75 Å². The van der Waals surface area contributed by atoms with E-state index in [0.717, 1.165) is 49.3 Å². The molecule has 0 aliphatic heterocycles. The SMILES string of the molecule is O=S(=O)(Oc1c2ccccc2c(N(c2ccccc2)c2ccccc2)c2c1sc1c3ccccc3cc(N(c3ccccc3)c3ccccc3)c12)C(F)(F)F. The molecule has 0 amide bonds. The van der Waals surface area contributed by atoms with Crippen molar-refractivity contribution in [2.45, 2.75) is 5.51 Å². The Kier molecular flexibility index (Phi) is 8.44. The number of benzene rings is 8. The fourth-order valence-corrected chi connectivity index (χ4v) is 9.13. The molecule has 9 aromatic rings. The zero-order chi connectivity index (χ0) is 37.7. The van der Waals surface area contributed by atoms with Crippen molar-refractivity contribution >= 4 is 97.3 Å². The van der Waals surface area contributed by atoms with Crippen molar-refractivity contribution in [3.05, 3.63) is 176 Å². The van der Waals surface area contributed by atoms with Crippen LogP contribution >= 0.6 is 11.3 Å². The number of anilines is 6. The Bertz CT molecular complexity index is 2880. The molecular formula is C45H29F3N2O3S2. The maximum Gasteiger partial charge on any atom is 0.534 e. The second kappa shape index (κ2) is 13.5. The number of halogens is 3. The number of thiophene rings is 1. The molecule has 10 heteroatoms. The van der Waals surface area contributed by atoms with Gasteiger partial charge in [0.1, 0.15) is 0 Å². The Hall–Kier alpha value is -6.36. The minimum atomic E-state index is -6.08. The van der Waals surface area contributed by atoms with Gasteiger partial charge in [-0.25, -0.2) is 0 Å². The predicted octanol–water partition coefficient (Wildman–Crippen LogP) is 13.5. The molecule has 0 radical (unpaired) electrons. The van der Waals surface area contributed by atoms with Gasteiger partial charge in [0.05, 0.1) is 16.1 Å². The number of para-hydroxylation sites is 4. The first-order chi connectivity index (χ1) is 26.7. The third kappa shape index (κ3) is 5.90. The number of alkyl halides is 3. The molecule has 0 unspecified atom stereocenters. The van der Waals surface area contributed by atoms with Crippen LogP contribution in [0.5, 0.6) is 5.75 Å². The number of nitrogens with zero attached hydrogens (tertiary/aromatic N) is 2. The maximum atomic E-state index is 14.2. The van der Waals surface area contributed by atoms with Gasteiger partial charge in [0, 0.05) is 49.0 Å². The highest BCUT2D eigenvalue weighted by atomic mass is 32.2. The highest BCUT2D eigenvalue weighted by Gasteiger charge is 2.49. The molecule has 0 spiro atoms. The van der Waals surface area contributed by atoms with Crippen LogP contribution in [0.3, 0.4) is 0 Å². The summed E-state index contributed by atoms with van der Waals surface area (Å²) < 4.78 is 74.9. The summed E-state index contributed by atoms with van der Waals surface area (Å²) in [5.74, 6) is -0.380. The smallest absolute Gasteiger partial charge is 0.374 e. The summed E-state index contributed by atoms with van der Waals surface area (Å²) in [6.45, 7) is 0. The van der Waals surface area contributed by atoms with Crippen LogP contribution in [0, 0.1) is 0 Å². The summed E-state index contributed by atoms with van der Waals surface area (Å²) in [6, 6.07) is 55.9. The van der Waals surface area contributed by atoms with Gasteiger partial charge in [-0.05, 0) is 65.4 Å². The van der Waals surface area contributed by atoms with Crippen LogP contribution in [0.25, 0.3) is 41.7 Å². The molecule has 0 aliphatic carbocycles. The lowest BCUT2D eigenvalue weighted by molar-refractivity contribution is -0.0499. The standard InChI is InChI=1S/C45H29F3N2O3S2/c46-45(47,48)55(51,52)53-42-37-28-16-15-27-36(37)41(50(33-22-9-3-10-23-33)34-24-11-4-12-25-34)40-39-38(29-30-17-13-14-26-35(30)43(39)54-44(40)42)49(31-18-5-1-6-19-31)32-20-7-2-8-21-32/h1-29H. The molecule has 1 heterocycles. The molecule has 0 fully saturated rings. The van der Waals surface area contributed by atoms with E-state index in [-0.39, 0.29) is 15.8 Å². The van der Waals surface area contributed by atoms with Crippen molar-refractivity contribution in [1.82, 2.24) is 0 Å². The van der Waals surface area contributed by atoms with E-state index in [2.05, 4.69) is 15.9 Å². The highest BCUT2D eigenvalue weighted by molar-refractivity contribution is 7.88. The van der Waals surface area contributed by atoms with Crippen LogP contribution in [-0.2, 0) is 10.1 Å². The van der Waals surface area contributed by atoms with Crippen molar-refractivity contribution < 1.29 is 25.8 Å². The molecule has 5 nitrogen and oxygen atoms in total. The molecule has 55 heavy (non-hydrogen) atoms. The van der Waals surface area contributed by atoms with Crippen molar-refractivity contribution in [3.63, 3.8) is 0 Å². The Morgan fingerprint density at radius 1 is 0.491 bits per heavy atom. The van der Waals surface area contributed by atoms with Gasteiger partial charge in [-0.2, -0.15) is 21.6 Å². The summed E-state index contributed by atoms with van der Waals surface area (Å²) >= 11 is 1.22. The normalized spacial score (nSPS) is 12.1. The zero-order valence-corrected chi connectivity index (χ0v) is 30.4. The van der Waals surface area contributed by atoms with Crippen LogP contribution < -0.4 is 14.0 Å². The Morgan fingerprint density at radius 3 is 1.44 bits per heavy atom. The van der Waals surface area contributed by atoms with E-state index in [1.807, 2.05) is 146 Å².